The van der Waals surface area contributed by atoms with Crippen molar-refractivity contribution < 1.29 is 118 Å². The van der Waals surface area contributed by atoms with Crippen molar-refractivity contribution in [2.24, 2.45) is 0 Å². The van der Waals surface area contributed by atoms with E-state index >= 15 is 0 Å². The van der Waals surface area contributed by atoms with Crippen molar-refractivity contribution >= 4 is 11.8 Å². The zero-order chi connectivity index (χ0) is 43.9. The van der Waals surface area contributed by atoms with E-state index < -0.39 is 192 Å². The number of amides is 2. The number of aliphatic hydroxyl groups excluding tert-OH is 12. The van der Waals surface area contributed by atoms with E-state index in [1.807, 2.05) is 0 Å². The molecule has 7 rings (SSSR count). The Kier molecular flexibility index (Phi) is 15.7. The zero-order valence-corrected chi connectivity index (χ0v) is 32.5. The maximum absolute atomic E-state index is 12.8. The summed E-state index contributed by atoms with van der Waals surface area (Å²) in [6, 6.07) is -3.14. The third kappa shape index (κ3) is 9.46. The van der Waals surface area contributed by atoms with Crippen LogP contribution in [0.25, 0.3) is 0 Å². The molecule has 0 aromatic rings. The van der Waals surface area contributed by atoms with Crippen LogP contribution in [-0.4, -0.2) is 253 Å². The highest BCUT2D eigenvalue weighted by Gasteiger charge is 2.59. The first-order chi connectivity index (χ1) is 28.4. The van der Waals surface area contributed by atoms with Crippen LogP contribution in [0.3, 0.4) is 0 Å². The number of fused-ring (bicyclic) bond motifs is 2. The number of carbonyl (C=O) groups is 2. The number of hydrogen-bond acceptors (Lipinski definition) is 24. The fraction of sp³-hybridized carbons (Fsp3) is 0.941. The molecule has 0 aromatic heterocycles. The molecule has 60 heavy (non-hydrogen) atoms. The highest BCUT2D eigenvalue weighted by atomic mass is 16.8. The van der Waals surface area contributed by atoms with Crippen LogP contribution in [-0.2, 0) is 57.0 Å². The second kappa shape index (κ2) is 19.8. The molecular weight excluding hydrogens is 820 g/mol. The molecule has 26 heteroatoms. The van der Waals surface area contributed by atoms with Crippen LogP contribution in [0.5, 0.6) is 0 Å². The van der Waals surface area contributed by atoms with Crippen molar-refractivity contribution in [1.82, 2.24) is 10.6 Å². The molecule has 0 spiro atoms. The van der Waals surface area contributed by atoms with E-state index in [2.05, 4.69) is 10.6 Å². The lowest BCUT2D eigenvalue weighted by molar-refractivity contribution is -0.410. The van der Waals surface area contributed by atoms with Gasteiger partial charge in [0, 0.05) is 13.8 Å². The Morgan fingerprint density at radius 3 is 1.38 bits per heavy atom. The Morgan fingerprint density at radius 2 is 0.883 bits per heavy atom. The normalized spacial score (nSPS) is 51.3. The van der Waals surface area contributed by atoms with Crippen molar-refractivity contribution in [2.75, 3.05) is 26.4 Å². The lowest BCUT2D eigenvalue weighted by Gasteiger charge is -2.53. The van der Waals surface area contributed by atoms with Crippen LogP contribution in [0.4, 0.5) is 0 Å². The summed E-state index contributed by atoms with van der Waals surface area (Å²) in [6.07, 6.45) is -41.1. The summed E-state index contributed by atoms with van der Waals surface area (Å²) in [5, 5.41) is 135. The van der Waals surface area contributed by atoms with Crippen LogP contribution in [0.15, 0.2) is 0 Å². The molecule has 7 heterocycles. The first-order valence-corrected chi connectivity index (χ1v) is 19.4. The van der Waals surface area contributed by atoms with Gasteiger partial charge >= 0.3 is 0 Å². The van der Waals surface area contributed by atoms with E-state index in [0.717, 1.165) is 13.8 Å². The fourth-order valence-electron chi connectivity index (χ4n) is 8.18. The van der Waals surface area contributed by atoms with E-state index in [1.165, 1.54) is 6.92 Å². The Bertz CT molecular complexity index is 1440. The molecule has 14 N–H and O–H groups in total. The number of carbonyl (C=O) groups excluding carboxylic acids is 2. The first kappa shape index (κ1) is 47.5. The van der Waals surface area contributed by atoms with E-state index in [9.17, 15) is 70.9 Å². The average Bonchev–Trinajstić information content (AvgIpc) is 3.20. The van der Waals surface area contributed by atoms with Gasteiger partial charge in [0.15, 0.2) is 31.5 Å². The molecule has 2 amide bonds. The van der Waals surface area contributed by atoms with Gasteiger partial charge in [0.05, 0.1) is 32.5 Å². The average molecular weight is 877 g/mol. The maximum Gasteiger partial charge on any atom is 0.217 e. The number of aliphatic hydroxyl groups is 12. The number of nitrogens with one attached hydrogen (secondary N) is 2. The van der Waals surface area contributed by atoms with Crippen molar-refractivity contribution in [3.63, 3.8) is 0 Å². The Labute approximate surface area is 341 Å². The summed E-state index contributed by atoms with van der Waals surface area (Å²) in [5.41, 5.74) is 0. The lowest BCUT2D eigenvalue weighted by atomic mass is 9.93. The molecule has 7 aliphatic heterocycles. The summed E-state index contributed by atoms with van der Waals surface area (Å²) < 4.78 is 59.9. The molecule has 346 valence electrons. The fourth-order valence-corrected chi connectivity index (χ4v) is 8.18. The van der Waals surface area contributed by atoms with Crippen LogP contribution in [0.2, 0.25) is 0 Å². The van der Waals surface area contributed by atoms with E-state index in [1.54, 1.807) is 0 Å². The molecule has 6 bridgehead atoms. The van der Waals surface area contributed by atoms with Gasteiger partial charge in [0.25, 0.3) is 0 Å². The Balaban J connectivity index is 1.48. The summed E-state index contributed by atoms with van der Waals surface area (Å²) in [7, 11) is 0. The van der Waals surface area contributed by atoms with Crippen LogP contribution >= 0.6 is 0 Å². The molecule has 0 aromatic carbocycles. The topological polar surface area (TPSA) is 393 Å². The van der Waals surface area contributed by atoms with Gasteiger partial charge in [-0.2, -0.15) is 0 Å². The molecule has 7 aliphatic rings. The van der Waals surface area contributed by atoms with Crippen molar-refractivity contribution in [3.05, 3.63) is 0 Å². The van der Waals surface area contributed by atoms with E-state index in [0.29, 0.717) is 0 Å². The van der Waals surface area contributed by atoms with Crippen molar-refractivity contribution in [3.8, 4) is 0 Å². The van der Waals surface area contributed by atoms with Crippen LogP contribution in [0, 0.1) is 0 Å². The van der Waals surface area contributed by atoms with Gasteiger partial charge in [-0.25, -0.2) is 0 Å². The minimum atomic E-state index is -2.06. The molecule has 26 nitrogen and oxygen atoms in total. The van der Waals surface area contributed by atoms with Crippen molar-refractivity contribution in [1.29, 1.82) is 0 Å². The van der Waals surface area contributed by atoms with E-state index in [-0.39, 0.29) is 0 Å². The molecule has 0 saturated carbocycles. The quantitative estimate of drug-likeness (QED) is 0.108. The third-order valence-electron chi connectivity index (χ3n) is 11.3. The molecule has 0 radical (unpaired) electrons. The maximum atomic E-state index is 12.8. The van der Waals surface area contributed by atoms with Gasteiger partial charge < -0.3 is 119 Å². The molecule has 25 atom stereocenters. The summed E-state index contributed by atoms with van der Waals surface area (Å²) >= 11 is 0. The second-order valence-corrected chi connectivity index (χ2v) is 15.5. The number of ether oxygens (including phenoxy) is 10. The Hall–Kier alpha value is -1.94. The summed E-state index contributed by atoms with van der Waals surface area (Å²) in [6.45, 7) is -0.0282. The standard InChI is InChI=1S/C34H56N2O24/c1-8-25-22(48)24(50)32(51-8)60-29-28(59-33-23(49)21(47)17(43)11(4-37)54-33)20(46)14(7-40)55-34(29)58-27-16(36-10(3)42)31(53-13(6-39)19(27)45)57-26-15(35-9(2)41)30(56-25)52-12(5-38)18(26)44/h8,11-34,37-40,43-50H,4-7H2,1-3H3,(H,35,41)(H,36,42)/t8-,11+,12+,13+,14+,15+,16+,17-,18-,19-,20-,21-,22-,23+,24-,25+,26+,27+,28-,29+,30-,31+,32-,33+,34-/m0/s1. The molecule has 7 fully saturated rings. The van der Waals surface area contributed by atoms with E-state index in [4.69, 9.17) is 47.4 Å². The number of hydrogen-bond donors (Lipinski definition) is 14. The second-order valence-electron chi connectivity index (χ2n) is 15.5. The lowest BCUT2D eigenvalue weighted by Crippen LogP contribution is -2.72. The molecule has 7 saturated heterocycles. The van der Waals surface area contributed by atoms with Gasteiger partial charge in [0.1, 0.15) is 116 Å². The van der Waals surface area contributed by atoms with Gasteiger partial charge in [-0.05, 0) is 6.92 Å². The number of rotatable bonds is 8. The largest absolute Gasteiger partial charge is 0.394 e. The highest BCUT2D eigenvalue weighted by Crippen LogP contribution is 2.38. The minimum Gasteiger partial charge on any atom is -0.394 e. The molecular formula is C34H56N2O24. The SMILES string of the molecule is CC(=O)N[C@H]1[C@@H]2O[C@H]3[C@@H](O)[C@H](O)[C@H](O[C@H]4[C@H](O[C@H]5[C@@H](O)[C@@H](CO)O[C@H](O[C@H]1[C@@H](O)[C@@H](CO)O2)[C@@H]5NC(C)=O)O[C@H](CO)[C@H](O)[C@@H]4O[C@H]1O[C@H](CO)[C@H](O)[C@H](O)[C@H]1O)O[C@H]3C. The third-order valence-corrected chi connectivity index (χ3v) is 11.3. The van der Waals surface area contributed by atoms with Crippen molar-refractivity contribution in [2.45, 2.75) is 174 Å². The Morgan fingerprint density at radius 1 is 0.450 bits per heavy atom. The van der Waals surface area contributed by atoms with Gasteiger partial charge in [-0.15, -0.1) is 0 Å². The van der Waals surface area contributed by atoms with Crippen LogP contribution in [0.1, 0.15) is 20.8 Å². The molecule has 0 unspecified atom stereocenters. The molecule has 0 aliphatic carbocycles. The monoisotopic (exact) mass is 876 g/mol. The van der Waals surface area contributed by atoms with Crippen LogP contribution < -0.4 is 10.6 Å². The smallest absolute Gasteiger partial charge is 0.217 e. The predicted octanol–water partition coefficient (Wildman–Crippen LogP) is -9.56. The highest BCUT2D eigenvalue weighted by molar-refractivity contribution is 5.73. The van der Waals surface area contributed by atoms with Gasteiger partial charge in [-0.1, -0.05) is 0 Å². The van der Waals surface area contributed by atoms with Gasteiger partial charge in [-0.3, -0.25) is 9.59 Å². The summed E-state index contributed by atoms with van der Waals surface area (Å²) in [4.78, 5) is 25.3. The van der Waals surface area contributed by atoms with Gasteiger partial charge in [0.2, 0.25) is 11.8 Å². The predicted molar refractivity (Wildman–Crippen MR) is 185 cm³/mol. The minimum absolute atomic E-state index is 0.703. The summed E-state index contributed by atoms with van der Waals surface area (Å²) in [5.74, 6) is -1.47. The first-order valence-electron chi connectivity index (χ1n) is 19.4. The zero-order valence-electron chi connectivity index (χ0n) is 32.5.